The molecule has 0 saturated heterocycles. The molecule has 0 aromatic heterocycles. The van der Waals surface area contributed by atoms with Gasteiger partial charge in [0.1, 0.15) is 10.9 Å². The van der Waals surface area contributed by atoms with Gasteiger partial charge in [-0.2, -0.15) is 5.26 Å². The van der Waals surface area contributed by atoms with Crippen LogP contribution in [0.1, 0.15) is 0 Å². The minimum absolute atomic E-state index is 0.316. The average Bonchev–Trinajstić information content (AvgIpc) is 2.40. The van der Waals surface area contributed by atoms with Gasteiger partial charge >= 0.3 is 5.97 Å². The molecule has 0 radical (unpaired) electrons. The Morgan fingerprint density at radius 1 is 1.50 bits per heavy atom. The van der Waals surface area contributed by atoms with Crippen LogP contribution < -0.4 is 0 Å². The Balaban J connectivity index is 3.05. The zero-order chi connectivity index (χ0) is 13.5. The van der Waals surface area contributed by atoms with Crippen LogP contribution >= 0.6 is 11.8 Å². The third-order valence-corrected chi connectivity index (χ3v) is 2.83. The van der Waals surface area contributed by atoms with E-state index in [0.29, 0.717) is 10.7 Å². The number of aliphatic imine (C=N–C) groups is 1. The van der Waals surface area contributed by atoms with Crippen LogP contribution in [0.3, 0.4) is 0 Å². The Hall–Kier alpha value is -1.87. The molecule has 0 spiro atoms. The lowest BCUT2D eigenvalue weighted by molar-refractivity contribution is -0.141. The van der Waals surface area contributed by atoms with Crippen LogP contribution in [0, 0.1) is 23.1 Å². The molecule has 0 N–H and O–H groups in total. The Labute approximate surface area is 108 Å². The minimum atomic E-state index is -1.06. The van der Waals surface area contributed by atoms with Crippen LogP contribution in [0.2, 0.25) is 0 Å². The smallest absolute Gasteiger partial charge is 0.329 e. The van der Waals surface area contributed by atoms with Crippen molar-refractivity contribution in [1.29, 1.82) is 5.26 Å². The van der Waals surface area contributed by atoms with Gasteiger partial charge in [0, 0.05) is 0 Å². The fourth-order valence-corrected chi connectivity index (χ4v) is 1.78. The van der Waals surface area contributed by atoms with Crippen molar-refractivity contribution >= 4 is 28.5 Å². The summed E-state index contributed by atoms with van der Waals surface area (Å²) in [6, 6.07) is 7.29. The van der Waals surface area contributed by atoms with E-state index in [-0.39, 0.29) is 5.82 Å². The van der Waals surface area contributed by atoms with E-state index in [1.807, 2.05) is 6.07 Å². The molecule has 0 heterocycles. The number of hydrogen-bond acceptors (Lipinski definition) is 5. The van der Waals surface area contributed by atoms with Crippen molar-refractivity contribution in [3.63, 3.8) is 0 Å². The van der Waals surface area contributed by atoms with Crippen LogP contribution in [-0.2, 0) is 9.53 Å². The summed E-state index contributed by atoms with van der Waals surface area (Å²) in [5.41, 5.74) is 0.477. The molecule has 0 amide bonds. The molecular weight excluding hydrogens is 255 g/mol. The summed E-state index contributed by atoms with van der Waals surface area (Å²) in [5.74, 6) is -2.09. The van der Waals surface area contributed by atoms with E-state index < -0.39 is 11.9 Å². The van der Waals surface area contributed by atoms with Gasteiger partial charge in [-0.1, -0.05) is 0 Å². The number of nitriles is 1. The van der Waals surface area contributed by atoms with Crippen molar-refractivity contribution in [3.05, 3.63) is 30.1 Å². The van der Waals surface area contributed by atoms with Gasteiger partial charge in [0.05, 0.1) is 18.9 Å². The third kappa shape index (κ3) is 3.57. The molecule has 0 fully saturated rings. The lowest BCUT2D eigenvalue weighted by Crippen LogP contribution is -2.21. The molecule has 1 rings (SSSR count). The highest BCUT2D eigenvalue weighted by molar-refractivity contribution is 8.13. The highest BCUT2D eigenvalue weighted by Crippen LogP contribution is 2.19. The second-order valence-corrected chi connectivity index (χ2v) is 4.04. The maximum atomic E-state index is 12.7. The van der Waals surface area contributed by atoms with Gasteiger partial charge in [0.25, 0.3) is 0 Å². The van der Waals surface area contributed by atoms with Crippen LogP contribution in [0.25, 0.3) is 0 Å². The predicted octanol–water partition coefficient (Wildman–Crippen LogP) is 2.53. The monoisotopic (exact) mass is 266 g/mol. The van der Waals surface area contributed by atoms with Crippen LogP contribution in [-0.4, -0.2) is 24.4 Å². The maximum absolute atomic E-state index is 12.7. The molecule has 1 aromatic carbocycles. The molecule has 1 unspecified atom stereocenters. The first-order chi connectivity index (χ1) is 8.62. The number of benzene rings is 1. The standard InChI is InChI=1S/C12H11FN2O2S/c1-17-12(16)10(7-14)11(18-2)15-9-5-3-8(13)4-6-9/h3-6,10H,1-2H3. The van der Waals surface area contributed by atoms with Gasteiger partial charge in [0.2, 0.25) is 0 Å². The molecule has 1 atom stereocenters. The number of esters is 1. The number of carbonyl (C=O) groups excluding carboxylic acids is 1. The van der Waals surface area contributed by atoms with Gasteiger partial charge in [-0.15, -0.1) is 11.8 Å². The number of ether oxygens (including phenoxy) is 1. The van der Waals surface area contributed by atoms with Crippen LogP contribution in [0.4, 0.5) is 10.1 Å². The number of hydrogen-bond donors (Lipinski definition) is 0. The normalized spacial score (nSPS) is 12.7. The Kier molecular flexibility index (Phi) is 5.33. The van der Waals surface area contributed by atoms with E-state index in [9.17, 15) is 9.18 Å². The first-order valence-electron chi connectivity index (χ1n) is 4.98. The number of rotatable bonds is 3. The van der Waals surface area contributed by atoms with Gasteiger partial charge in [-0.3, -0.25) is 4.79 Å². The first-order valence-corrected chi connectivity index (χ1v) is 6.20. The molecule has 6 heteroatoms. The first kappa shape index (κ1) is 14.2. The lowest BCUT2D eigenvalue weighted by Gasteiger charge is -2.08. The Morgan fingerprint density at radius 2 is 2.11 bits per heavy atom. The predicted molar refractivity (Wildman–Crippen MR) is 68.1 cm³/mol. The summed E-state index contributed by atoms with van der Waals surface area (Å²) in [4.78, 5) is 15.5. The maximum Gasteiger partial charge on any atom is 0.329 e. The zero-order valence-corrected chi connectivity index (χ0v) is 10.7. The lowest BCUT2D eigenvalue weighted by atomic mass is 10.2. The van der Waals surface area contributed by atoms with Crippen molar-refractivity contribution in [2.75, 3.05) is 13.4 Å². The molecule has 0 aliphatic rings. The number of thioether (sulfide) groups is 1. The van der Waals surface area contributed by atoms with Gasteiger partial charge in [-0.05, 0) is 30.5 Å². The van der Waals surface area contributed by atoms with E-state index in [1.54, 1.807) is 6.26 Å². The fourth-order valence-electron chi connectivity index (χ4n) is 1.20. The van der Waals surface area contributed by atoms with Crippen molar-refractivity contribution < 1.29 is 13.9 Å². The summed E-state index contributed by atoms with van der Waals surface area (Å²) in [7, 11) is 1.21. The Bertz CT molecular complexity index is 494. The summed E-state index contributed by atoms with van der Waals surface area (Å²) in [5, 5.41) is 9.26. The molecule has 0 aliphatic carbocycles. The number of halogens is 1. The average molecular weight is 266 g/mol. The second-order valence-electron chi connectivity index (χ2n) is 3.22. The Morgan fingerprint density at radius 3 is 2.56 bits per heavy atom. The minimum Gasteiger partial charge on any atom is -0.468 e. The third-order valence-electron chi connectivity index (χ3n) is 2.09. The molecule has 0 saturated carbocycles. The van der Waals surface area contributed by atoms with E-state index >= 15 is 0 Å². The van der Waals surface area contributed by atoms with Crippen LogP contribution in [0.15, 0.2) is 29.3 Å². The number of nitrogens with zero attached hydrogens (tertiary/aromatic N) is 2. The van der Waals surface area contributed by atoms with E-state index in [4.69, 9.17) is 5.26 Å². The largest absolute Gasteiger partial charge is 0.468 e. The molecule has 0 bridgehead atoms. The quantitative estimate of drug-likeness (QED) is 0.479. The van der Waals surface area contributed by atoms with E-state index in [2.05, 4.69) is 9.73 Å². The molecule has 1 aromatic rings. The SMILES string of the molecule is COC(=O)C(C#N)C(=Nc1ccc(F)cc1)SC. The van der Waals surface area contributed by atoms with Gasteiger partial charge in [-0.25, -0.2) is 9.38 Å². The molecule has 18 heavy (non-hydrogen) atoms. The fraction of sp³-hybridized carbons (Fsp3) is 0.250. The van der Waals surface area contributed by atoms with Gasteiger partial charge < -0.3 is 4.74 Å². The van der Waals surface area contributed by atoms with E-state index in [0.717, 1.165) is 0 Å². The number of carbonyl (C=O) groups is 1. The molecule has 4 nitrogen and oxygen atoms in total. The van der Waals surface area contributed by atoms with Crippen molar-refractivity contribution in [2.45, 2.75) is 0 Å². The van der Waals surface area contributed by atoms with Crippen molar-refractivity contribution in [1.82, 2.24) is 0 Å². The van der Waals surface area contributed by atoms with Crippen LogP contribution in [0.5, 0.6) is 0 Å². The van der Waals surface area contributed by atoms with Crippen molar-refractivity contribution in [2.24, 2.45) is 10.9 Å². The zero-order valence-electron chi connectivity index (χ0n) is 9.88. The van der Waals surface area contributed by atoms with E-state index in [1.165, 1.54) is 43.1 Å². The highest BCUT2D eigenvalue weighted by Gasteiger charge is 2.24. The molecule has 0 aliphatic heterocycles. The summed E-state index contributed by atoms with van der Waals surface area (Å²) < 4.78 is 17.3. The van der Waals surface area contributed by atoms with Crippen molar-refractivity contribution in [3.8, 4) is 6.07 Å². The van der Waals surface area contributed by atoms with Gasteiger partial charge in [0.15, 0.2) is 5.92 Å². The molecule has 94 valence electrons. The summed E-state index contributed by atoms with van der Waals surface area (Å²) >= 11 is 1.18. The second kappa shape index (κ2) is 6.77. The number of methoxy groups -OCH3 is 1. The summed E-state index contributed by atoms with van der Waals surface area (Å²) in [6.07, 6.45) is 1.70. The highest BCUT2D eigenvalue weighted by atomic mass is 32.2. The topological polar surface area (TPSA) is 62.5 Å². The summed E-state index contributed by atoms with van der Waals surface area (Å²) in [6.45, 7) is 0. The molecular formula is C12H11FN2O2S.